The molecule has 0 radical (unpaired) electrons. The molecule has 1 amide bonds. The highest BCUT2D eigenvalue weighted by Crippen LogP contribution is 2.33. The van der Waals surface area contributed by atoms with E-state index in [2.05, 4.69) is 21.2 Å². The Hall–Kier alpha value is -1.03. The van der Waals surface area contributed by atoms with E-state index in [9.17, 15) is 4.79 Å². The molecule has 0 saturated heterocycles. The lowest BCUT2D eigenvalue weighted by Gasteiger charge is -2.07. The summed E-state index contributed by atoms with van der Waals surface area (Å²) in [5.74, 6) is 0.836. The van der Waals surface area contributed by atoms with Crippen LogP contribution in [0.5, 0.6) is 0 Å². The van der Waals surface area contributed by atoms with Gasteiger partial charge in [0.1, 0.15) is 0 Å². The fourth-order valence-corrected chi connectivity index (χ4v) is 2.18. The van der Waals surface area contributed by atoms with Crippen LogP contribution in [0.1, 0.15) is 36.0 Å². The van der Waals surface area contributed by atoms with Gasteiger partial charge in [0, 0.05) is 16.7 Å². The van der Waals surface area contributed by atoms with E-state index in [0.29, 0.717) is 11.3 Å². The third-order valence-corrected chi connectivity index (χ3v) is 3.52. The van der Waals surface area contributed by atoms with Gasteiger partial charge in [-0.25, -0.2) is 0 Å². The zero-order valence-corrected chi connectivity index (χ0v) is 11.3. The largest absolute Gasteiger partial charge is 0.398 e. The monoisotopic (exact) mass is 296 g/mol. The van der Waals surface area contributed by atoms with Gasteiger partial charge in [-0.2, -0.15) is 0 Å². The van der Waals surface area contributed by atoms with Crippen LogP contribution in [0.25, 0.3) is 0 Å². The van der Waals surface area contributed by atoms with Crippen LogP contribution in [0.15, 0.2) is 22.7 Å². The van der Waals surface area contributed by atoms with Gasteiger partial charge in [-0.15, -0.1) is 0 Å². The van der Waals surface area contributed by atoms with Crippen molar-refractivity contribution < 1.29 is 4.79 Å². The first-order valence-corrected chi connectivity index (χ1v) is 6.79. The third kappa shape index (κ3) is 3.73. The highest BCUT2D eigenvalue weighted by Gasteiger charge is 2.20. The Labute approximate surface area is 110 Å². The van der Waals surface area contributed by atoms with Crippen molar-refractivity contribution in [2.24, 2.45) is 5.92 Å². The molecule has 1 fully saturated rings. The number of amides is 1. The smallest absolute Gasteiger partial charge is 0.253 e. The van der Waals surface area contributed by atoms with Gasteiger partial charge in [0.15, 0.2) is 0 Å². The molecular weight excluding hydrogens is 280 g/mol. The fraction of sp³-hybridized carbons (Fsp3) is 0.462. The van der Waals surface area contributed by atoms with Crippen molar-refractivity contribution >= 4 is 27.5 Å². The second-order valence-electron chi connectivity index (χ2n) is 4.57. The van der Waals surface area contributed by atoms with Crippen molar-refractivity contribution in [1.82, 2.24) is 5.32 Å². The number of halogens is 1. The summed E-state index contributed by atoms with van der Waals surface area (Å²) in [7, 11) is 0. The fourth-order valence-electron chi connectivity index (χ4n) is 1.82. The van der Waals surface area contributed by atoms with Gasteiger partial charge in [-0.3, -0.25) is 4.79 Å². The van der Waals surface area contributed by atoms with Crippen LogP contribution in [0, 0.1) is 5.92 Å². The van der Waals surface area contributed by atoms with Gasteiger partial charge in [-0.05, 0) is 37.0 Å². The minimum atomic E-state index is -0.0837. The number of nitrogen functional groups attached to an aromatic ring is 1. The molecule has 92 valence electrons. The van der Waals surface area contributed by atoms with Gasteiger partial charge in [-0.1, -0.05) is 28.8 Å². The normalized spacial score (nSPS) is 14.6. The first kappa shape index (κ1) is 12.4. The number of benzene rings is 1. The number of anilines is 1. The Morgan fingerprint density at radius 3 is 2.94 bits per heavy atom. The van der Waals surface area contributed by atoms with E-state index in [1.54, 1.807) is 12.1 Å². The summed E-state index contributed by atoms with van der Waals surface area (Å²) in [5, 5.41) is 2.91. The first-order valence-electron chi connectivity index (χ1n) is 6.00. The van der Waals surface area contributed by atoms with E-state index in [4.69, 9.17) is 5.73 Å². The predicted molar refractivity (Wildman–Crippen MR) is 72.8 cm³/mol. The van der Waals surface area contributed by atoms with Crippen molar-refractivity contribution in [2.45, 2.75) is 25.7 Å². The molecule has 1 aliphatic rings. The lowest BCUT2D eigenvalue weighted by Crippen LogP contribution is -2.25. The number of nitrogens with two attached hydrogens (primary N) is 1. The number of hydrogen-bond donors (Lipinski definition) is 2. The molecule has 0 spiro atoms. The van der Waals surface area contributed by atoms with E-state index < -0.39 is 0 Å². The predicted octanol–water partition coefficient (Wildman–Crippen LogP) is 2.95. The maximum atomic E-state index is 11.9. The lowest BCUT2D eigenvalue weighted by molar-refractivity contribution is 0.0953. The summed E-state index contributed by atoms with van der Waals surface area (Å²) in [5.41, 5.74) is 6.84. The lowest BCUT2D eigenvalue weighted by atomic mass is 10.1. The summed E-state index contributed by atoms with van der Waals surface area (Å²) in [6.07, 6.45) is 5.03. The van der Waals surface area contributed by atoms with Crippen LogP contribution in [0.2, 0.25) is 0 Å². The van der Waals surface area contributed by atoms with Crippen LogP contribution in [0.4, 0.5) is 5.69 Å². The number of rotatable bonds is 5. The van der Waals surface area contributed by atoms with E-state index in [1.807, 2.05) is 6.07 Å². The number of nitrogens with one attached hydrogen (secondary N) is 1. The Kier molecular flexibility index (Phi) is 4.05. The molecule has 1 aromatic rings. The molecule has 0 heterocycles. The van der Waals surface area contributed by atoms with Gasteiger partial charge in [0.2, 0.25) is 0 Å². The zero-order chi connectivity index (χ0) is 12.3. The Bertz CT molecular complexity index is 416. The number of hydrogen-bond acceptors (Lipinski definition) is 2. The average molecular weight is 297 g/mol. The first-order chi connectivity index (χ1) is 8.16. The molecule has 0 aromatic heterocycles. The van der Waals surface area contributed by atoms with E-state index in [0.717, 1.165) is 23.4 Å². The van der Waals surface area contributed by atoms with Crippen LogP contribution < -0.4 is 11.1 Å². The van der Waals surface area contributed by atoms with Gasteiger partial charge < -0.3 is 11.1 Å². The molecule has 1 aliphatic carbocycles. The van der Waals surface area contributed by atoms with E-state index in [1.165, 1.54) is 19.3 Å². The topological polar surface area (TPSA) is 55.1 Å². The molecule has 2 rings (SSSR count). The molecule has 17 heavy (non-hydrogen) atoms. The molecule has 3 nitrogen and oxygen atoms in total. The molecule has 4 heteroatoms. The highest BCUT2D eigenvalue weighted by atomic mass is 79.9. The van der Waals surface area contributed by atoms with Gasteiger partial charge in [0.25, 0.3) is 5.91 Å². The van der Waals surface area contributed by atoms with Crippen molar-refractivity contribution in [3.05, 3.63) is 28.2 Å². The minimum absolute atomic E-state index is 0.0837. The average Bonchev–Trinajstić information content (AvgIpc) is 3.11. The Morgan fingerprint density at radius 1 is 1.47 bits per heavy atom. The second kappa shape index (κ2) is 5.54. The number of carbonyl (C=O) groups is 1. The summed E-state index contributed by atoms with van der Waals surface area (Å²) >= 11 is 3.34. The van der Waals surface area contributed by atoms with E-state index in [-0.39, 0.29) is 5.91 Å². The van der Waals surface area contributed by atoms with Crippen molar-refractivity contribution in [3.63, 3.8) is 0 Å². The van der Waals surface area contributed by atoms with Crippen LogP contribution in [-0.4, -0.2) is 12.5 Å². The van der Waals surface area contributed by atoms with Gasteiger partial charge in [0.05, 0.1) is 5.56 Å². The van der Waals surface area contributed by atoms with Crippen LogP contribution in [-0.2, 0) is 0 Å². The SMILES string of the molecule is Nc1ccc(Br)cc1C(=O)NCCCC1CC1. The number of carbonyl (C=O) groups excluding carboxylic acids is 1. The second-order valence-corrected chi connectivity index (χ2v) is 5.49. The van der Waals surface area contributed by atoms with E-state index >= 15 is 0 Å². The molecule has 0 bridgehead atoms. The quantitative estimate of drug-likeness (QED) is 0.648. The van der Waals surface area contributed by atoms with Crippen LogP contribution >= 0.6 is 15.9 Å². The third-order valence-electron chi connectivity index (χ3n) is 3.03. The maximum Gasteiger partial charge on any atom is 0.253 e. The highest BCUT2D eigenvalue weighted by molar-refractivity contribution is 9.10. The molecule has 0 unspecified atom stereocenters. The van der Waals surface area contributed by atoms with Gasteiger partial charge >= 0.3 is 0 Å². The van der Waals surface area contributed by atoms with Crippen molar-refractivity contribution in [3.8, 4) is 0 Å². The molecule has 1 aromatic carbocycles. The summed E-state index contributed by atoms with van der Waals surface area (Å²) in [6.45, 7) is 0.737. The Morgan fingerprint density at radius 2 is 2.24 bits per heavy atom. The van der Waals surface area contributed by atoms with Crippen LogP contribution in [0.3, 0.4) is 0 Å². The standard InChI is InChI=1S/C13H17BrN2O/c14-10-5-6-12(15)11(8-10)13(17)16-7-1-2-9-3-4-9/h5-6,8-9H,1-4,7,15H2,(H,16,17). The zero-order valence-electron chi connectivity index (χ0n) is 9.71. The minimum Gasteiger partial charge on any atom is -0.398 e. The Balaban J connectivity index is 1.82. The molecular formula is C13H17BrN2O. The molecule has 3 N–H and O–H groups in total. The maximum absolute atomic E-state index is 11.9. The summed E-state index contributed by atoms with van der Waals surface area (Å²) < 4.78 is 0.870. The van der Waals surface area contributed by atoms with Crippen molar-refractivity contribution in [2.75, 3.05) is 12.3 Å². The summed E-state index contributed by atoms with van der Waals surface area (Å²) in [6, 6.07) is 5.33. The molecule has 0 aliphatic heterocycles. The molecule has 1 saturated carbocycles. The summed E-state index contributed by atoms with van der Waals surface area (Å²) in [4.78, 5) is 11.9. The van der Waals surface area contributed by atoms with Crippen molar-refractivity contribution in [1.29, 1.82) is 0 Å². The molecule has 0 atom stereocenters.